The predicted molar refractivity (Wildman–Crippen MR) is 74.7 cm³/mol. The Labute approximate surface area is 111 Å². The molecule has 3 nitrogen and oxygen atoms in total. The Morgan fingerprint density at radius 1 is 1.16 bits per heavy atom. The fourth-order valence-electron chi connectivity index (χ4n) is 1.81. The molecule has 0 fully saturated rings. The van der Waals surface area contributed by atoms with Gasteiger partial charge in [0.15, 0.2) is 0 Å². The van der Waals surface area contributed by atoms with Crippen molar-refractivity contribution in [1.82, 2.24) is 0 Å². The van der Waals surface area contributed by atoms with E-state index in [0.29, 0.717) is 16.9 Å². The summed E-state index contributed by atoms with van der Waals surface area (Å²) in [5, 5.41) is 2.67. The SMILES string of the molecule is Cc1ccc(C(=O)Nc2cc(F)ccc2C)c(N)c1. The summed E-state index contributed by atoms with van der Waals surface area (Å²) in [4.78, 5) is 12.1. The molecule has 19 heavy (non-hydrogen) atoms. The van der Waals surface area contributed by atoms with E-state index < -0.39 is 5.82 Å². The van der Waals surface area contributed by atoms with Gasteiger partial charge in [-0.2, -0.15) is 0 Å². The molecular weight excluding hydrogens is 243 g/mol. The Morgan fingerprint density at radius 2 is 1.89 bits per heavy atom. The number of carbonyl (C=O) groups is 1. The number of aryl methyl sites for hydroxylation is 2. The lowest BCUT2D eigenvalue weighted by Crippen LogP contribution is -2.15. The average Bonchev–Trinajstić information content (AvgIpc) is 2.33. The first kappa shape index (κ1) is 13.1. The quantitative estimate of drug-likeness (QED) is 0.812. The van der Waals surface area contributed by atoms with E-state index >= 15 is 0 Å². The highest BCUT2D eigenvalue weighted by molar-refractivity contribution is 6.08. The Balaban J connectivity index is 2.28. The minimum Gasteiger partial charge on any atom is -0.398 e. The van der Waals surface area contributed by atoms with E-state index in [9.17, 15) is 9.18 Å². The number of nitrogen functional groups attached to an aromatic ring is 1. The molecule has 2 aromatic carbocycles. The molecule has 2 aromatic rings. The van der Waals surface area contributed by atoms with Crippen LogP contribution in [0.15, 0.2) is 36.4 Å². The van der Waals surface area contributed by atoms with Gasteiger partial charge in [-0.3, -0.25) is 4.79 Å². The van der Waals surface area contributed by atoms with Crippen molar-refractivity contribution in [2.75, 3.05) is 11.1 Å². The number of benzene rings is 2. The summed E-state index contributed by atoms with van der Waals surface area (Å²) in [5.74, 6) is -0.732. The van der Waals surface area contributed by atoms with Crippen LogP contribution in [0, 0.1) is 19.7 Å². The lowest BCUT2D eigenvalue weighted by molar-refractivity contribution is 0.102. The van der Waals surface area contributed by atoms with Gasteiger partial charge in [-0.25, -0.2) is 4.39 Å². The highest BCUT2D eigenvalue weighted by Gasteiger charge is 2.11. The third-order valence-electron chi connectivity index (χ3n) is 2.90. The van der Waals surface area contributed by atoms with Crippen LogP contribution in [0.3, 0.4) is 0 Å². The van der Waals surface area contributed by atoms with Gasteiger partial charge in [-0.05, 0) is 49.2 Å². The lowest BCUT2D eigenvalue weighted by atomic mass is 10.1. The first-order chi connectivity index (χ1) is 8.97. The van der Waals surface area contributed by atoms with Gasteiger partial charge in [0.25, 0.3) is 5.91 Å². The van der Waals surface area contributed by atoms with Crippen LogP contribution in [0.25, 0.3) is 0 Å². The third-order valence-corrected chi connectivity index (χ3v) is 2.90. The van der Waals surface area contributed by atoms with Crippen molar-refractivity contribution in [1.29, 1.82) is 0 Å². The maximum atomic E-state index is 13.2. The van der Waals surface area contributed by atoms with Crippen molar-refractivity contribution in [3.05, 3.63) is 58.9 Å². The van der Waals surface area contributed by atoms with Gasteiger partial charge < -0.3 is 11.1 Å². The Morgan fingerprint density at radius 3 is 2.58 bits per heavy atom. The van der Waals surface area contributed by atoms with Crippen molar-refractivity contribution in [2.24, 2.45) is 0 Å². The number of nitrogens with one attached hydrogen (secondary N) is 1. The van der Waals surface area contributed by atoms with Crippen LogP contribution < -0.4 is 11.1 Å². The van der Waals surface area contributed by atoms with Gasteiger partial charge in [-0.1, -0.05) is 12.1 Å². The molecule has 0 aliphatic carbocycles. The number of rotatable bonds is 2. The fourth-order valence-corrected chi connectivity index (χ4v) is 1.81. The van der Waals surface area contributed by atoms with Crippen LogP contribution in [-0.4, -0.2) is 5.91 Å². The molecule has 0 unspecified atom stereocenters. The van der Waals surface area contributed by atoms with E-state index in [4.69, 9.17) is 5.73 Å². The second-order valence-corrected chi connectivity index (χ2v) is 4.50. The predicted octanol–water partition coefficient (Wildman–Crippen LogP) is 3.28. The first-order valence-electron chi connectivity index (χ1n) is 5.91. The molecule has 1 amide bonds. The number of carbonyl (C=O) groups excluding carboxylic acids is 1. The molecule has 0 aromatic heterocycles. The van der Waals surface area contributed by atoms with E-state index in [1.807, 2.05) is 13.0 Å². The highest BCUT2D eigenvalue weighted by Crippen LogP contribution is 2.19. The van der Waals surface area contributed by atoms with Crippen LogP contribution in [0.2, 0.25) is 0 Å². The maximum absolute atomic E-state index is 13.2. The Hall–Kier alpha value is -2.36. The minimum atomic E-state index is -0.391. The Bertz CT molecular complexity index is 638. The standard InChI is InChI=1S/C15H15FN2O/c1-9-3-6-12(13(17)7-9)15(19)18-14-8-11(16)5-4-10(14)2/h3-8H,17H2,1-2H3,(H,18,19). The van der Waals surface area contributed by atoms with E-state index in [1.54, 1.807) is 25.1 Å². The van der Waals surface area contributed by atoms with Crippen LogP contribution in [0.5, 0.6) is 0 Å². The van der Waals surface area contributed by atoms with Crippen molar-refractivity contribution < 1.29 is 9.18 Å². The molecular formula is C15H15FN2O. The lowest BCUT2D eigenvalue weighted by Gasteiger charge is -2.10. The average molecular weight is 258 g/mol. The van der Waals surface area contributed by atoms with E-state index in [0.717, 1.165) is 11.1 Å². The summed E-state index contributed by atoms with van der Waals surface area (Å²) < 4.78 is 13.2. The number of hydrogen-bond donors (Lipinski definition) is 2. The van der Waals surface area contributed by atoms with Crippen molar-refractivity contribution in [2.45, 2.75) is 13.8 Å². The number of anilines is 2. The normalized spacial score (nSPS) is 10.3. The number of nitrogens with two attached hydrogens (primary N) is 1. The van der Waals surface area contributed by atoms with E-state index in [1.165, 1.54) is 12.1 Å². The summed E-state index contributed by atoms with van der Waals surface area (Å²) in [7, 11) is 0. The highest BCUT2D eigenvalue weighted by atomic mass is 19.1. The van der Waals surface area contributed by atoms with Crippen LogP contribution >= 0.6 is 0 Å². The maximum Gasteiger partial charge on any atom is 0.257 e. The largest absolute Gasteiger partial charge is 0.398 e. The minimum absolute atomic E-state index is 0.341. The molecule has 0 atom stereocenters. The van der Waals surface area contributed by atoms with Crippen LogP contribution in [0.1, 0.15) is 21.5 Å². The molecule has 4 heteroatoms. The molecule has 0 saturated heterocycles. The second-order valence-electron chi connectivity index (χ2n) is 4.50. The first-order valence-corrected chi connectivity index (χ1v) is 5.91. The smallest absolute Gasteiger partial charge is 0.257 e. The van der Waals surface area contributed by atoms with Gasteiger partial charge >= 0.3 is 0 Å². The number of halogens is 1. The second kappa shape index (κ2) is 5.10. The fraction of sp³-hybridized carbons (Fsp3) is 0.133. The van der Waals surface area contributed by atoms with Gasteiger partial charge in [0.05, 0.1) is 5.56 Å². The summed E-state index contributed by atoms with van der Waals surface area (Å²) >= 11 is 0. The zero-order chi connectivity index (χ0) is 14.0. The third kappa shape index (κ3) is 2.91. The number of amides is 1. The number of hydrogen-bond acceptors (Lipinski definition) is 2. The summed E-state index contributed by atoms with van der Waals surface area (Å²) in [6.45, 7) is 3.70. The zero-order valence-corrected chi connectivity index (χ0v) is 10.8. The Kier molecular flexibility index (Phi) is 3.51. The van der Waals surface area contributed by atoms with Crippen molar-refractivity contribution in [3.63, 3.8) is 0 Å². The topological polar surface area (TPSA) is 55.1 Å². The van der Waals surface area contributed by atoms with Crippen molar-refractivity contribution in [3.8, 4) is 0 Å². The summed E-state index contributed by atoms with van der Waals surface area (Å²) in [5.41, 5.74) is 8.82. The van der Waals surface area contributed by atoms with Gasteiger partial charge in [-0.15, -0.1) is 0 Å². The molecule has 3 N–H and O–H groups in total. The van der Waals surface area contributed by atoms with Crippen molar-refractivity contribution >= 4 is 17.3 Å². The molecule has 98 valence electrons. The van der Waals surface area contributed by atoms with Crippen LogP contribution in [-0.2, 0) is 0 Å². The molecule has 0 radical (unpaired) electrons. The van der Waals surface area contributed by atoms with Gasteiger partial charge in [0, 0.05) is 11.4 Å². The van der Waals surface area contributed by atoms with Crippen LogP contribution in [0.4, 0.5) is 15.8 Å². The molecule has 0 aliphatic rings. The van der Waals surface area contributed by atoms with E-state index in [2.05, 4.69) is 5.32 Å². The summed E-state index contributed by atoms with van der Waals surface area (Å²) in [6.07, 6.45) is 0. The molecule has 2 rings (SSSR count). The zero-order valence-electron chi connectivity index (χ0n) is 10.8. The molecule has 0 bridgehead atoms. The summed E-state index contributed by atoms with van der Waals surface area (Å²) in [6, 6.07) is 9.46. The van der Waals surface area contributed by atoms with E-state index in [-0.39, 0.29) is 5.91 Å². The molecule has 0 heterocycles. The monoisotopic (exact) mass is 258 g/mol. The van der Waals surface area contributed by atoms with Gasteiger partial charge in [0.2, 0.25) is 0 Å². The van der Waals surface area contributed by atoms with Gasteiger partial charge in [0.1, 0.15) is 5.82 Å². The molecule has 0 saturated carbocycles. The molecule has 0 aliphatic heterocycles. The molecule has 0 spiro atoms.